The number of hydrogen-bond donors (Lipinski definition) is 1. The van der Waals surface area contributed by atoms with Gasteiger partial charge < -0.3 is 15.0 Å². The lowest BCUT2D eigenvalue weighted by molar-refractivity contribution is -0.134. The van der Waals surface area contributed by atoms with Crippen molar-refractivity contribution in [1.29, 1.82) is 0 Å². The summed E-state index contributed by atoms with van der Waals surface area (Å²) in [7, 11) is 1.63. The van der Waals surface area contributed by atoms with Crippen LogP contribution in [0.25, 0.3) is 0 Å². The summed E-state index contributed by atoms with van der Waals surface area (Å²) < 4.78 is 18.6. The van der Waals surface area contributed by atoms with Gasteiger partial charge >= 0.3 is 0 Å². The first-order chi connectivity index (χ1) is 13.9. The van der Waals surface area contributed by atoms with Gasteiger partial charge in [-0.1, -0.05) is 12.1 Å². The lowest BCUT2D eigenvalue weighted by Crippen LogP contribution is -2.51. The monoisotopic (exact) mass is 399 g/mol. The number of amides is 1. The fourth-order valence-corrected chi connectivity index (χ4v) is 3.71. The molecule has 0 bridgehead atoms. The molecule has 1 N–H and O–H groups in total. The minimum Gasteiger partial charge on any atom is -0.497 e. The summed E-state index contributed by atoms with van der Waals surface area (Å²) >= 11 is 0. The molecule has 1 heterocycles. The topological polar surface area (TPSA) is 44.8 Å². The molecule has 5 nitrogen and oxygen atoms in total. The fourth-order valence-electron chi connectivity index (χ4n) is 3.71. The van der Waals surface area contributed by atoms with Gasteiger partial charge in [0.25, 0.3) is 0 Å². The van der Waals surface area contributed by atoms with Gasteiger partial charge in [0, 0.05) is 38.4 Å². The number of benzene rings is 2. The number of carbonyl (C=O) groups excluding carboxylic acids is 1. The first-order valence-corrected chi connectivity index (χ1v) is 10.1. The fraction of sp³-hybridized carbons (Fsp3) is 0.435. The molecule has 0 unspecified atom stereocenters. The SMILES string of the molecule is COc1ccc(NC(C)(C)C(=O)N2CCCN(Cc3cccc(F)c3)CC2)cc1. The van der Waals surface area contributed by atoms with Crippen LogP contribution in [0.5, 0.6) is 5.75 Å². The quantitative estimate of drug-likeness (QED) is 0.803. The van der Waals surface area contributed by atoms with E-state index in [2.05, 4.69) is 10.2 Å². The van der Waals surface area contributed by atoms with Crippen molar-refractivity contribution in [3.63, 3.8) is 0 Å². The third kappa shape index (κ3) is 5.70. The van der Waals surface area contributed by atoms with E-state index in [1.807, 2.05) is 49.1 Å². The van der Waals surface area contributed by atoms with Crippen molar-refractivity contribution in [2.45, 2.75) is 32.4 Å². The maximum Gasteiger partial charge on any atom is 0.247 e. The maximum atomic E-state index is 13.4. The van der Waals surface area contributed by atoms with E-state index in [0.29, 0.717) is 13.1 Å². The number of nitrogens with zero attached hydrogens (tertiary/aromatic N) is 2. The second-order valence-corrected chi connectivity index (χ2v) is 8.03. The van der Waals surface area contributed by atoms with Crippen LogP contribution in [0.2, 0.25) is 0 Å². The number of halogens is 1. The van der Waals surface area contributed by atoms with E-state index in [0.717, 1.165) is 43.1 Å². The van der Waals surface area contributed by atoms with Gasteiger partial charge in [-0.05, 0) is 62.2 Å². The smallest absolute Gasteiger partial charge is 0.247 e. The van der Waals surface area contributed by atoms with Crippen molar-refractivity contribution in [2.75, 3.05) is 38.6 Å². The Bertz CT molecular complexity index is 823. The Hall–Kier alpha value is -2.60. The van der Waals surface area contributed by atoms with E-state index in [1.54, 1.807) is 19.2 Å². The van der Waals surface area contributed by atoms with Crippen LogP contribution in [-0.4, -0.2) is 54.5 Å². The molecule has 1 saturated heterocycles. The third-order valence-electron chi connectivity index (χ3n) is 5.25. The molecular formula is C23H30FN3O2. The van der Waals surface area contributed by atoms with Crippen LogP contribution < -0.4 is 10.1 Å². The van der Waals surface area contributed by atoms with Crippen LogP contribution in [0.1, 0.15) is 25.8 Å². The zero-order chi connectivity index (χ0) is 20.9. The van der Waals surface area contributed by atoms with Crippen molar-refractivity contribution in [1.82, 2.24) is 9.80 Å². The highest BCUT2D eigenvalue weighted by atomic mass is 19.1. The van der Waals surface area contributed by atoms with Gasteiger partial charge in [0.2, 0.25) is 5.91 Å². The normalized spacial score (nSPS) is 15.7. The van der Waals surface area contributed by atoms with Gasteiger partial charge in [-0.3, -0.25) is 9.69 Å². The predicted octanol–water partition coefficient (Wildman–Crippen LogP) is 3.76. The Labute approximate surface area is 172 Å². The highest BCUT2D eigenvalue weighted by molar-refractivity contribution is 5.88. The van der Waals surface area contributed by atoms with E-state index in [-0.39, 0.29) is 11.7 Å². The summed E-state index contributed by atoms with van der Waals surface area (Å²) in [5.41, 5.74) is 1.13. The predicted molar refractivity (Wildman–Crippen MR) is 114 cm³/mol. The van der Waals surface area contributed by atoms with Gasteiger partial charge in [-0.25, -0.2) is 4.39 Å². The molecule has 29 heavy (non-hydrogen) atoms. The molecule has 0 atom stereocenters. The summed E-state index contributed by atoms with van der Waals surface area (Å²) in [5.74, 6) is 0.659. The lowest BCUT2D eigenvalue weighted by atomic mass is 10.0. The molecule has 0 radical (unpaired) electrons. The van der Waals surface area contributed by atoms with Gasteiger partial charge in [0.15, 0.2) is 0 Å². The molecule has 0 aliphatic carbocycles. The van der Waals surface area contributed by atoms with Gasteiger partial charge in [-0.2, -0.15) is 0 Å². The number of nitrogens with one attached hydrogen (secondary N) is 1. The molecule has 0 spiro atoms. The van der Waals surface area contributed by atoms with Crippen molar-refractivity contribution in [3.8, 4) is 5.75 Å². The summed E-state index contributed by atoms with van der Waals surface area (Å²) in [6.07, 6.45) is 0.902. The van der Waals surface area contributed by atoms with Crippen molar-refractivity contribution in [3.05, 3.63) is 59.9 Å². The van der Waals surface area contributed by atoms with Gasteiger partial charge in [-0.15, -0.1) is 0 Å². The van der Waals surface area contributed by atoms with Gasteiger partial charge in [0.1, 0.15) is 17.1 Å². The number of anilines is 1. The Balaban J connectivity index is 1.58. The Morgan fingerprint density at radius 1 is 1.10 bits per heavy atom. The van der Waals surface area contributed by atoms with Crippen LogP contribution in [-0.2, 0) is 11.3 Å². The molecular weight excluding hydrogens is 369 g/mol. The van der Waals surface area contributed by atoms with Crippen LogP contribution in [0.4, 0.5) is 10.1 Å². The van der Waals surface area contributed by atoms with Crippen LogP contribution >= 0.6 is 0 Å². The number of ether oxygens (including phenoxy) is 1. The summed E-state index contributed by atoms with van der Waals surface area (Å²) in [6, 6.07) is 14.3. The van der Waals surface area contributed by atoms with E-state index in [1.165, 1.54) is 6.07 Å². The van der Waals surface area contributed by atoms with Crippen LogP contribution in [0, 0.1) is 5.82 Å². The second kappa shape index (κ2) is 9.27. The van der Waals surface area contributed by atoms with Crippen LogP contribution in [0.3, 0.4) is 0 Å². The highest BCUT2D eigenvalue weighted by Gasteiger charge is 2.32. The third-order valence-corrected chi connectivity index (χ3v) is 5.25. The lowest BCUT2D eigenvalue weighted by Gasteiger charge is -2.33. The molecule has 3 rings (SSSR count). The van der Waals surface area contributed by atoms with E-state index in [9.17, 15) is 9.18 Å². The minimum absolute atomic E-state index is 0.0842. The maximum absolute atomic E-state index is 13.4. The molecule has 156 valence electrons. The molecule has 0 aromatic heterocycles. The molecule has 1 aliphatic rings. The number of rotatable bonds is 6. The number of carbonyl (C=O) groups is 1. The average molecular weight is 400 g/mol. The molecule has 1 amide bonds. The van der Waals surface area contributed by atoms with E-state index in [4.69, 9.17) is 4.74 Å². The molecule has 0 saturated carbocycles. The molecule has 2 aromatic rings. The Kier molecular flexibility index (Phi) is 6.75. The first-order valence-electron chi connectivity index (χ1n) is 10.1. The van der Waals surface area contributed by atoms with Gasteiger partial charge in [0.05, 0.1) is 7.11 Å². The molecule has 1 aliphatic heterocycles. The van der Waals surface area contributed by atoms with E-state index < -0.39 is 5.54 Å². The largest absolute Gasteiger partial charge is 0.497 e. The summed E-state index contributed by atoms with van der Waals surface area (Å²) in [4.78, 5) is 17.4. The average Bonchev–Trinajstić information content (AvgIpc) is 2.93. The molecule has 1 fully saturated rings. The Morgan fingerprint density at radius 2 is 1.86 bits per heavy atom. The van der Waals surface area contributed by atoms with E-state index >= 15 is 0 Å². The van der Waals surface area contributed by atoms with Crippen molar-refractivity contribution in [2.24, 2.45) is 0 Å². The van der Waals surface area contributed by atoms with Crippen molar-refractivity contribution < 1.29 is 13.9 Å². The van der Waals surface area contributed by atoms with Crippen molar-refractivity contribution >= 4 is 11.6 Å². The molecule has 6 heteroatoms. The highest BCUT2D eigenvalue weighted by Crippen LogP contribution is 2.21. The number of hydrogen-bond acceptors (Lipinski definition) is 4. The minimum atomic E-state index is -0.716. The molecule has 2 aromatic carbocycles. The Morgan fingerprint density at radius 3 is 2.55 bits per heavy atom. The zero-order valence-electron chi connectivity index (χ0n) is 17.5. The summed E-state index contributed by atoms with van der Waals surface area (Å²) in [5, 5.41) is 3.34. The van der Waals surface area contributed by atoms with Crippen LogP contribution in [0.15, 0.2) is 48.5 Å². The second-order valence-electron chi connectivity index (χ2n) is 8.03. The first kappa shape index (κ1) is 21.1. The zero-order valence-corrected chi connectivity index (χ0v) is 17.5. The standard InChI is InChI=1S/C23H30FN3O2/c1-23(2,25-20-8-10-21(29-3)11-9-20)22(28)27-13-5-12-26(14-15-27)17-18-6-4-7-19(24)16-18/h4,6-11,16,25H,5,12-15,17H2,1-3H3. The summed E-state index contributed by atoms with van der Waals surface area (Å²) in [6.45, 7) is 7.60. The number of methoxy groups -OCH3 is 1.